The van der Waals surface area contributed by atoms with Crippen molar-refractivity contribution < 1.29 is 14.0 Å². The molecule has 9 heteroatoms. The van der Waals surface area contributed by atoms with Crippen molar-refractivity contribution in [1.29, 1.82) is 5.26 Å². The molecule has 0 saturated carbocycles. The number of nitrogens with one attached hydrogen (secondary N) is 2. The van der Waals surface area contributed by atoms with E-state index in [2.05, 4.69) is 15.6 Å². The predicted molar refractivity (Wildman–Crippen MR) is 87.5 cm³/mol. The summed E-state index contributed by atoms with van der Waals surface area (Å²) in [5.74, 6) is -0.370. The third-order valence-electron chi connectivity index (χ3n) is 2.74. The first-order valence-electron chi connectivity index (χ1n) is 6.63. The summed E-state index contributed by atoms with van der Waals surface area (Å²) < 4.78 is 5.85. The lowest BCUT2D eigenvalue weighted by atomic mass is 10.3. The summed E-state index contributed by atoms with van der Waals surface area (Å²) >= 11 is 2.67. The third kappa shape index (κ3) is 4.58. The number of rotatable bonds is 6. The van der Waals surface area contributed by atoms with E-state index < -0.39 is 11.9 Å². The normalized spacial score (nSPS) is 11.5. The van der Waals surface area contributed by atoms with E-state index in [1.807, 2.05) is 13.0 Å². The standard InChI is InChI=1S/C14H14N4O3S2/c1-8(16-12(20)10-4-3-6-21-10)11(19)18-14-17-9(2)13(23-14)22-7-5-15/h3-4,6,8H,7H2,1-2H3,(H,16,20)(H,17,18,19). The van der Waals surface area contributed by atoms with Gasteiger partial charge in [-0.25, -0.2) is 4.98 Å². The van der Waals surface area contributed by atoms with Gasteiger partial charge >= 0.3 is 0 Å². The molecule has 2 aromatic rings. The third-order valence-corrected chi connectivity index (χ3v) is 5.04. The minimum Gasteiger partial charge on any atom is -0.459 e. The number of hydrogen-bond donors (Lipinski definition) is 2. The quantitative estimate of drug-likeness (QED) is 0.775. The van der Waals surface area contributed by atoms with E-state index in [1.54, 1.807) is 13.0 Å². The number of aryl methyl sites for hydroxylation is 1. The van der Waals surface area contributed by atoms with Crippen LogP contribution in [-0.4, -0.2) is 28.6 Å². The number of thiazole rings is 1. The van der Waals surface area contributed by atoms with E-state index in [0.717, 1.165) is 9.90 Å². The van der Waals surface area contributed by atoms with Crippen LogP contribution in [0.2, 0.25) is 0 Å². The fourth-order valence-electron chi connectivity index (χ4n) is 1.62. The topological polar surface area (TPSA) is 108 Å². The van der Waals surface area contributed by atoms with E-state index in [1.165, 1.54) is 35.4 Å². The summed E-state index contributed by atoms with van der Waals surface area (Å²) in [6.45, 7) is 3.38. The maximum Gasteiger partial charge on any atom is 0.287 e. The Hall–Kier alpha value is -2.31. The second kappa shape index (κ2) is 7.80. The lowest BCUT2D eigenvalue weighted by Gasteiger charge is -2.11. The van der Waals surface area contributed by atoms with Crippen molar-refractivity contribution in [3.63, 3.8) is 0 Å². The van der Waals surface area contributed by atoms with Gasteiger partial charge in [-0.3, -0.25) is 9.59 Å². The lowest BCUT2D eigenvalue weighted by Crippen LogP contribution is -2.41. The smallest absolute Gasteiger partial charge is 0.287 e. The van der Waals surface area contributed by atoms with Crippen molar-refractivity contribution >= 4 is 40.0 Å². The molecule has 2 N–H and O–H groups in total. The number of thioether (sulfide) groups is 1. The van der Waals surface area contributed by atoms with Crippen LogP contribution in [0.15, 0.2) is 27.0 Å². The van der Waals surface area contributed by atoms with Crippen LogP contribution in [0.4, 0.5) is 5.13 Å². The largest absolute Gasteiger partial charge is 0.459 e. The van der Waals surface area contributed by atoms with Gasteiger partial charge in [-0.15, -0.1) is 0 Å². The summed E-state index contributed by atoms with van der Waals surface area (Å²) in [5.41, 5.74) is 0.762. The van der Waals surface area contributed by atoms with Crippen molar-refractivity contribution in [1.82, 2.24) is 10.3 Å². The first-order chi connectivity index (χ1) is 11.0. The minimum absolute atomic E-state index is 0.143. The summed E-state index contributed by atoms with van der Waals surface area (Å²) in [6.07, 6.45) is 1.39. The number of amides is 2. The van der Waals surface area contributed by atoms with Crippen LogP contribution < -0.4 is 10.6 Å². The van der Waals surface area contributed by atoms with Crippen LogP contribution in [0, 0.1) is 18.3 Å². The molecule has 1 atom stereocenters. The molecule has 0 aliphatic rings. The van der Waals surface area contributed by atoms with Crippen LogP contribution in [0.5, 0.6) is 0 Å². The highest BCUT2D eigenvalue weighted by molar-refractivity contribution is 8.01. The molecule has 2 heterocycles. The zero-order valence-corrected chi connectivity index (χ0v) is 14.1. The SMILES string of the molecule is Cc1nc(NC(=O)C(C)NC(=O)c2ccco2)sc1SCC#N. The maximum absolute atomic E-state index is 12.1. The van der Waals surface area contributed by atoms with E-state index in [-0.39, 0.29) is 11.7 Å². The molecule has 0 fully saturated rings. The molecule has 120 valence electrons. The van der Waals surface area contributed by atoms with Gasteiger partial charge in [-0.1, -0.05) is 23.1 Å². The summed E-state index contributed by atoms with van der Waals surface area (Å²) in [5, 5.41) is 14.2. The van der Waals surface area contributed by atoms with E-state index in [9.17, 15) is 9.59 Å². The van der Waals surface area contributed by atoms with Crippen LogP contribution >= 0.6 is 23.1 Å². The van der Waals surface area contributed by atoms with Gasteiger partial charge in [0.05, 0.1) is 28.0 Å². The minimum atomic E-state index is -0.744. The predicted octanol–water partition coefficient (Wildman–Crippen LogP) is 2.42. The highest BCUT2D eigenvalue weighted by Crippen LogP contribution is 2.31. The monoisotopic (exact) mass is 350 g/mol. The van der Waals surface area contributed by atoms with Gasteiger partial charge in [0.2, 0.25) is 5.91 Å². The van der Waals surface area contributed by atoms with E-state index in [4.69, 9.17) is 9.68 Å². The van der Waals surface area contributed by atoms with Crippen molar-refractivity contribution in [2.45, 2.75) is 24.1 Å². The zero-order valence-electron chi connectivity index (χ0n) is 12.5. The number of hydrogen-bond acceptors (Lipinski definition) is 7. The van der Waals surface area contributed by atoms with Gasteiger partial charge in [0.25, 0.3) is 5.91 Å². The van der Waals surface area contributed by atoms with Crippen LogP contribution in [-0.2, 0) is 4.79 Å². The molecule has 2 amide bonds. The van der Waals surface area contributed by atoms with Gasteiger partial charge in [-0.05, 0) is 26.0 Å². The second-order valence-corrected chi connectivity index (χ2v) is 6.74. The first kappa shape index (κ1) is 17.1. The van der Waals surface area contributed by atoms with Crippen LogP contribution in [0.3, 0.4) is 0 Å². The Morgan fingerprint density at radius 2 is 2.35 bits per heavy atom. The summed E-state index contributed by atoms with van der Waals surface area (Å²) in [7, 11) is 0. The first-order valence-corrected chi connectivity index (χ1v) is 8.44. The van der Waals surface area contributed by atoms with E-state index >= 15 is 0 Å². The van der Waals surface area contributed by atoms with Crippen molar-refractivity contribution in [2.24, 2.45) is 0 Å². The summed E-state index contributed by atoms with van der Waals surface area (Å²) in [6, 6.07) is 4.41. The number of furan rings is 1. The van der Waals surface area contributed by atoms with Gasteiger partial charge in [-0.2, -0.15) is 5.26 Å². The molecule has 0 bridgehead atoms. The zero-order chi connectivity index (χ0) is 16.8. The average molecular weight is 350 g/mol. The molecule has 0 aliphatic heterocycles. The Labute approximate surface area is 141 Å². The molecule has 7 nitrogen and oxygen atoms in total. The van der Waals surface area contributed by atoms with Crippen LogP contribution in [0.25, 0.3) is 0 Å². The molecule has 0 radical (unpaired) electrons. The lowest BCUT2D eigenvalue weighted by molar-refractivity contribution is -0.117. The number of nitriles is 1. The Kier molecular flexibility index (Phi) is 5.78. The molecular weight excluding hydrogens is 336 g/mol. The Morgan fingerprint density at radius 1 is 1.57 bits per heavy atom. The number of carbonyl (C=O) groups excluding carboxylic acids is 2. The molecule has 0 spiro atoms. The fraction of sp³-hybridized carbons (Fsp3) is 0.286. The van der Waals surface area contributed by atoms with Crippen molar-refractivity contribution in [2.75, 3.05) is 11.1 Å². The number of nitrogens with zero attached hydrogens (tertiary/aromatic N) is 2. The molecule has 0 aliphatic carbocycles. The van der Waals surface area contributed by atoms with Crippen molar-refractivity contribution in [3.05, 3.63) is 29.9 Å². The van der Waals surface area contributed by atoms with Gasteiger partial charge < -0.3 is 15.1 Å². The van der Waals surface area contributed by atoms with Gasteiger partial charge in [0.1, 0.15) is 6.04 Å². The molecule has 1 unspecified atom stereocenters. The Balaban J connectivity index is 1.93. The molecule has 0 saturated heterocycles. The molecule has 0 aromatic carbocycles. The Morgan fingerprint density at radius 3 is 3.00 bits per heavy atom. The highest BCUT2D eigenvalue weighted by atomic mass is 32.2. The highest BCUT2D eigenvalue weighted by Gasteiger charge is 2.19. The van der Waals surface area contributed by atoms with Crippen molar-refractivity contribution in [3.8, 4) is 6.07 Å². The molecule has 2 aromatic heterocycles. The van der Waals surface area contributed by atoms with Crippen LogP contribution in [0.1, 0.15) is 23.2 Å². The second-order valence-electron chi connectivity index (χ2n) is 4.50. The number of carbonyl (C=O) groups is 2. The summed E-state index contributed by atoms with van der Waals surface area (Å²) in [4.78, 5) is 28.2. The average Bonchev–Trinajstić information content (AvgIpc) is 3.15. The molecule has 2 rings (SSSR count). The Bertz CT molecular complexity index is 734. The number of aromatic nitrogens is 1. The van der Waals surface area contributed by atoms with E-state index in [0.29, 0.717) is 10.9 Å². The molecule has 23 heavy (non-hydrogen) atoms. The van der Waals surface area contributed by atoms with Gasteiger partial charge in [0, 0.05) is 0 Å². The molecular formula is C14H14N4O3S2. The maximum atomic E-state index is 12.1. The number of anilines is 1. The fourth-order valence-corrected chi connectivity index (χ4v) is 3.42. The van der Waals surface area contributed by atoms with Gasteiger partial charge in [0.15, 0.2) is 10.9 Å².